The fraction of sp³-hybridized carbons (Fsp3) is 1.00. The minimum Gasteiger partial charge on any atom is -0.297 e. The molecule has 0 bridgehead atoms. The van der Waals surface area contributed by atoms with Crippen molar-refractivity contribution in [1.29, 1.82) is 0 Å². The fourth-order valence-electron chi connectivity index (χ4n) is 0.917. The summed E-state index contributed by atoms with van der Waals surface area (Å²) in [5.74, 6) is 0. The second-order valence-electron chi connectivity index (χ2n) is 4.54. The van der Waals surface area contributed by atoms with Crippen LogP contribution in [0.1, 0.15) is 41.5 Å². The molecule has 0 amide bonds. The van der Waals surface area contributed by atoms with Crippen LogP contribution in [0.15, 0.2) is 0 Å². The van der Waals surface area contributed by atoms with E-state index in [0.29, 0.717) is 13.2 Å². The van der Waals surface area contributed by atoms with E-state index in [0.717, 1.165) is 0 Å². The zero-order valence-electron chi connectivity index (χ0n) is 11.0. The first kappa shape index (κ1) is 16.6. The molecule has 0 heterocycles. The summed E-state index contributed by atoms with van der Waals surface area (Å²) >= 11 is 3.56. The molecule has 6 heteroatoms. The molecule has 0 radical (unpaired) electrons. The van der Waals surface area contributed by atoms with Crippen LogP contribution in [-0.2, 0) is 13.6 Å². The van der Waals surface area contributed by atoms with Gasteiger partial charge in [0, 0.05) is 9.86 Å². The monoisotopic (exact) mass is 315 g/mol. The Morgan fingerprint density at radius 3 is 1.75 bits per heavy atom. The van der Waals surface area contributed by atoms with E-state index in [9.17, 15) is 4.57 Å². The van der Waals surface area contributed by atoms with E-state index in [1.54, 1.807) is 13.8 Å². The third-order valence-corrected chi connectivity index (χ3v) is 5.52. The maximum absolute atomic E-state index is 12.3. The highest BCUT2D eigenvalue weighted by Gasteiger charge is 2.41. The van der Waals surface area contributed by atoms with E-state index in [2.05, 4.69) is 21.0 Å². The Morgan fingerprint density at radius 2 is 1.50 bits per heavy atom. The van der Waals surface area contributed by atoms with Crippen LogP contribution in [0.5, 0.6) is 0 Å². The van der Waals surface area contributed by atoms with Gasteiger partial charge >= 0.3 is 7.75 Å². The third kappa shape index (κ3) is 4.84. The molecule has 4 nitrogen and oxygen atoms in total. The van der Waals surface area contributed by atoms with E-state index in [-0.39, 0.29) is 4.32 Å². The highest BCUT2D eigenvalue weighted by atomic mass is 79.9. The topological polar surface area (TPSA) is 47.6 Å². The van der Waals surface area contributed by atoms with Gasteiger partial charge in [-0.2, -0.15) is 0 Å². The molecule has 0 fully saturated rings. The Balaban J connectivity index is 4.82. The molecule has 0 aromatic heterocycles. The molecule has 0 aliphatic rings. The van der Waals surface area contributed by atoms with Crippen molar-refractivity contribution in [3.05, 3.63) is 0 Å². The Morgan fingerprint density at radius 1 is 1.12 bits per heavy atom. The van der Waals surface area contributed by atoms with Crippen LogP contribution in [-0.4, -0.2) is 23.1 Å². The molecule has 0 rings (SSSR count). The van der Waals surface area contributed by atoms with Crippen LogP contribution < -0.4 is 5.09 Å². The van der Waals surface area contributed by atoms with Crippen molar-refractivity contribution in [1.82, 2.24) is 5.09 Å². The third-order valence-electron chi connectivity index (χ3n) is 2.50. The SMILES string of the molecule is CCOP(=O)(NC(C)(C)C(C)(C)Br)OCC. The molecule has 16 heavy (non-hydrogen) atoms. The average Bonchev–Trinajstić information content (AvgIpc) is 2.00. The Hall–Kier alpha value is 0.590. The first-order valence-corrected chi connectivity index (χ1v) is 7.79. The second kappa shape index (κ2) is 5.96. The molecule has 0 aliphatic heterocycles. The summed E-state index contributed by atoms with van der Waals surface area (Å²) in [6, 6.07) is 0. The molecular weight excluding hydrogens is 293 g/mol. The number of hydrogen-bond donors (Lipinski definition) is 1. The van der Waals surface area contributed by atoms with Crippen molar-refractivity contribution in [3.8, 4) is 0 Å². The molecule has 0 unspecified atom stereocenters. The van der Waals surface area contributed by atoms with Gasteiger partial charge in [0.1, 0.15) is 0 Å². The quantitative estimate of drug-likeness (QED) is 0.574. The highest BCUT2D eigenvalue weighted by Crippen LogP contribution is 2.48. The van der Waals surface area contributed by atoms with Crippen LogP contribution in [0, 0.1) is 0 Å². The van der Waals surface area contributed by atoms with Gasteiger partial charge in [0.05, 0.1) is 13.2 Å². The molecule has 0 aromatic carbocycles. The predicted molar refractivity (Wildman–Crippen MR) is 71.1 cm³/mol. The average molecular weight is 316 g/mol. The zero-order chi connectivity index (χ0) is 13.0. The predicted octanol–water partition coefficient (Wildman–Crippen LogP) is 3.71. The summed E-state index contributed by atoms with van der Waals surface area (Å²) in [7, 11) is -3.22. The number of hydrogen-bond acceptors (Lipinski definition) is 3. The Kier molecular flexibility index (Phi) is 6.18. The van der Waals surface area contributed by atoms with E-state index < -0.39 is 13.3 Å². The first-order chi connectivity index (χ1) is 7.08. The lowest BCUT2D eigenvalue weighted by Crippen LogP contribution is -2.51. The molecule has 0 atom stereocenters. The van der Waals surface area contributed by atoms with Crippen molar-refractivity contribution in [2.24, 2.45) is 0 Å². The molecule has 1 N–H and O–H groups in total. The number of halogens is 1. The normalized spacial score (nSPS) is 14.2. The van der Waals surface area contributed by atoms with E-state index in [1.807, 2.05) is 27.7 Å². The van der Waals surface area contributed by atoms with Gasteiger partial charge < -0.3 is 0 Å². The molecule has 0 aromatic rings. The fourth-order valence-corrected chi connectivity index (χ4v) is 3.02. The molecule has 0 aliphatic carbocycles. The molecule has 98 valence electrons. The summed E-state index contributed by atoms with van der Waals surface area (Å²) in [4.78, 5) is 0. The van der Waals surface area contributed by atoms with Gasteiger partial charge in [0.2, 0.25) is 0 Å². The van der Waals surface area contributed by atoms with Crippen LogP contribution >= 0.6 is 23.7 Å². The van der Waals surface area contributed by atoms with E-state index in [4.69, 9.17) is 9.05 Å². The van der Waals surface area contributed by atoms with Gasteiger partial charge in [-0.15, -0.1) is 0 Å². The lowest BCUT2D eigenvalue weighted by Gasteiger charge is -2.39. The summed E-state index contributed by atoms with van der Waals surface area (Å²) in [5, 5.41) is 2.98. The lowest BCUT2D eigenvalue weighted by molar-refractivity contribution is 0.194. The second-order valence-corrected chi connectivity index (χ2v) is 8.26. The summed E-state index contributed by atoms with van der Waals surface area (Å²) in [5.41, 5.74) is -0.424. The van der Waals surface area contributed by atoms with Gasteiger partial charge in [-0.05, 0) is 41.5 Å². The lowest BCUT2D eigenvalue weighted by atomic mass is 9.92. The number of alkyl halides is 1. The highest BCUT2D eigenvalue weighted by molar-refractivity contribution is 9.10. The largest absolute Gasteiger partial charge is 0.405 e. The van der Waals surface area contributed by atoms with E-state index >= 15 is 0 Å². The zero-order valence-corrected chi connectivity index (χ0v) is 13.4. The molecule has 0 saturated carbocycles. The molecular formula is C10H23BrNO3P. The summed E-state index contributed by atoms with van der Waals surface area (Å²) in [6.45, 7) is 12.2. The van der Waals surface area contributed by atoms with Crippen LogP contribution in [0.25, 0.3) is 0 Å². The number of rotatable bonds is 7. The number of nitrogens with one attached hydrogen (secondary N) is 1. The Labute approximate surface area is 107 Å². The minimum atomic E-state index is -3.22. The minimum absolute atomic E-state index is 0.232. The van der Waals surface area contributed by atoms with Crippen molar-refractivity contribution in [3.63, 3.8) is 0 Å². The van der Waals surface area contributed by atoms with Crippen LogP contribution in [0.4, 0.5) is 0 Å². The summed E-state index contributed by atoms with van der Waals surface area (Å²) in [6.07, 6.45) is 0. The van der Waals surface area contributed by atoms with E-state index in [1.165, 1.54) is 0 Å². The Bertz CT molecular complexity index is 253. The van der Waals surface area contributed by atoms with Crippen molar-refractivity contribution in [2.75, 3.05) is 13.2 Å². The van der Waals surface area contributed by atoms with Gasteiger partial charge in [0.25, 0.3) is 0 Å². The standard InChI is InChI=1S/C10H23BrNO3P/c1-7-14-16(13,15-8-2)12-10(5,6)9(3,4)11/h7-8H2,1-6H3,(H,12,13). The van der Waals surface area contributed by atoms with Crippen LogP contribution in [0.2, 0.25) is 0 Å². The van der Waals surface area contributed by atoms with Crippen molar-refractivity contribution >= 4 is 23.7 Å². The smallest absolute Gasteiger partial charge is 0.297 e. The van der Waals surface area contributed by atoms with Gasteiger partial charge in [0.15, 0.2) is 0 Å². The van der Waals surface area contributed by atoms with Gasteiger partial charge in [-0.1, -0.05) is 15.9 Å². The van der Waals surface area contributed by atoms with Gasteiger partial charge in [-0.3, -0.25) is 9.05 Å². The van der Waals surface area contributed by atoms with Gasteiger partial charge in [-0.25, -0.2) is 9.65 Å². The molecule has 0 spiro atoms. The maximum Gasteiger partial charge on any atom is 0.405 e. The molecule has 0 saturated heterocycles. The first-order valence-electron chi connectivity index (χ1n) is 5.45. The van der Waals surface area contributed by atoms with Crippen molar-refractivity contribution in [2.45, 2.75) is 51.4 Å². The van der Waals surface area contributed by atoms with Crippen LogP contribution in [0.3, 0.4) is 0 Å². The maximum atomic E-state index is 12.3. The van der Waals surface area contributed by atoms with Crippen molar-refractivity contribution < 1.29 is 13.6 Å². The summed E-state index contributed by atoms with van der Waals surface area (Å²) < 4.78 is 22.5.